The third kappa shape index (κ3) is 4.71. The Hall–Kier alpha value is -3.87. The average Bonchev–Trinajstić information content (AvgIpc) is 3.30. The molecule has 0 saturated carbocycles. The molecular weight excluding hydrogens is 438 g/mol. The molecule has 0 bridgehead atoms. The van der Waals surface area contributed by atoms with Crippen LogP contribution < -0.4 is 15.0 Å². The smallest absolute Gasteiger partial charge is 0.227 e. The number of nitrogens with zero attached hydrogens (tertiary/aromatic N) is 4. The number of hydrogen-bond donors (Lipinski definition) is 1. The van der Waals surface area contributed by atoms with Crippen molar-refractivity contribution in [2.45, 2.75) is 33.6 Å². The lowest BCUT2D eigenvalue weighted by atomic mass is 9.95. The van der Waals surface area contributed by atoms with Crippen LogP contribution in [0.2, 0.25) is 0 Å². The first-order valence-electron chi connectivity index (χ1n) is 12.1. The highest BCUT2D eigenvalue weighted by atomic mass is 16.5. The van der Waals surface area contributed by atoms with Gasteiger partial charge in [0.05, 0.1) is 12.8 Å². The van der Waals surface area contributed by atoms with Gasteiger partial charge in [-0.3, -0.25) is 4.79 Å². The SMILES string of the molecule is COc1ccc(-c2cc3nc(C)cc(N4CCC(C(=O)Nc5cc(C)ccc5C)CC4)n3n2)cc1. The molecule has 0 aliphatic carbocycles. The van der Waals surface area contributed by atoms with E-state index in [0.29, 0.717) is 0 Å². The second kappa shape index (κ2) is 9.41. The van der Waals surface area contributed by atoms with Crippen molar-refractivity contribution in [1.29, 1.82) is 0 Å². The van der Waals surface area contributed by atoms with E-state index in [2.05, 4.69) is 28.4 Å². The number of fused-ring (bicyclic) bond motifs is 1. The summed E-state index contributed by atoms with van der Waals surface area (Å²) in [6, 6.07) is 18.1. The van der Waals surface area contributed by atoms with Crippen LogP contribution in [0.15, 0.2) is 54.6 Å². The molecule has 2 aromatic carbocycles. The summed E-state index contributed by atoms with van der Waals surface area (Å²) >= 11 is 0. The maximum atomic E-state index is 13.0. The van der Waals surface area contributed by atoms with Gasteiger partial charge in [0.1, 0.15) is 11.6 Å². The summed E-state index contributed by atoms with van der Waals surface area (Å²) in [5.74, 6) is 1.93. The highest BCUT2D eigenvalue weighted by Crippen LogP contribution is 2.28. The number of hydrogen-bond acceptors (Lipinski definition) is 5. The van der Waals surface area contributed by atoms with Crippen molar-refractivity contribution in [2.24, 2.45) is 5.92 Å². The molecule has 0 atom stereocenters. The molecule has 0 unspecified atom stereocenters. The maximum Gasteiger partial charge on any atom is 0.227 e. The average molecular weight is 470 g/mol. The van der Waals surface area contributed by atoms with Gasteiger partial charge in [0.15, 0.2) is 5.65 Å². The summed E-state index contributed by atoms with van der Waals surface area (Å²) in [5, 5.41) is 8.02. The summed E-state index contributed by atoms with van der Waals surface area (Å²) < 4.78 is 7.19. The van der Waals surface area contributed by atoms with E-state index in [0.717, 1.165) is 76.9 Å². The minimum atomic E-state index is -0.00271. The Bertz CT molecular complexity index is 1370. The third-order valence-electron chi connectivity index (χ3n) is 6.76. The lowest BCUT2D eigenvalue weighted by Gasteiger charge is -2.33. The van der Waals surface area contributed by atoms with E-state index in [4.69, 9.17) is 14.8 Å². The molecule has 0 radical (unpaired) electrons. The number of methoxy groups -OCH3 is 1. The Kier molecular flexibility index (Phi) is 6.16. The van der Waals surface area contributed by atoms with Crippen molar-refractivity contribution >= 4 is 23.1 Å². The molecule has 1 amide bonds. The van der Waals surface area contributed by atoms with Crippen LogP contribution in [0.4, 0.5) is 11.5 Å². The molecule has 3 heterocycles. The Morgan fingerprint density at radius 3 is 2.46 bits per heavy atom. The molecule has 4 aromatic rings. The van der Waals surface area contributed by atoms with Gasteiger partial charge in [0.2, 0.25) is 5.91 Å². The number of aromatic nitrogens is 3. The minimum Gasteiger partial charge on any atom is -0.497 e. The summed E-state index contributed by atoms with van der Waals surface area (Å²) in [7, 11) is 1.66. The molecule has 2 aromatic heterocycles. The van der Waals surface area contributed by atoms with E-state index in [1.807, 2.05) is 61.7 Å². The normalized spacial score (nSPS) is 14.3. The van der Waals surface area contributed by atoms with Crippen molar-refractivity contribution in [3.8, 4) is 17.0 Å². The number of ether oxygens (including phenoxy) is 1. The second-order valence-corrected chi connectivity index (χ2v) is 9.35. The van der Waals surface area contributed by atoms with Gasteiger partial charge in [-0.1, -0.05) is 12.1 Å². The summed E-state index contributed by atoms with van der Waals surface area (Å²) in [4.78, 5) is 20.0. The van der Waals surface area contributed by atoms with E-state index >= 15 is 0 Å². The monoisotopic (exact) mass is 469 g/mol. The summed E-state index contributed by atoms with van der Waals surface area (Å²) in [6.07, 6.45) is 1.60. The third-order valence-corrected chi connectivity index (χ3v) is 6.76. The number of amides is 1. The zero-order valence-corrected chi connectivity index (χ0v) is 20.7. The Balaban J connectivity index is 1.33. The van der Waals surface area contributed by atoms with Crippen LogP contribution in [0, 0.1) is 26.7 Å². The lowest BCUT2D eigenvalue weighted by molar-refractivity contribution is -0.120. The number of piperidine rings is 1. The fraction of sp³-hybridized carbons (Fsp3) is 0.321. The molecule has 1 aliphatic heterocycles. The van der Waals surface area contributed by atoms with Crippen molar-refractivity contribution < 1.29 is 9.53 Å². The van der Waals surface area contributed by atoms with Crippen LogP contribution in [0.25, 0.3) is 16.9 Å². The molecule has 1 saturated heterocycles. The maximum absolute atomic E-state index is 13.0. The van der Waals surface area contributed by atoms with Crippen LogP contribution in [-0.4, -0.2) is 40.7 Å². The fourth-order valence-corrected chi connectivity index (χ4v) is 4.68. The van der Waals surface area contributed by atoms with E-state index in [1.165, 1.54) is 0 Å². The van der Waals surface area contributed by atoms with E-state index < -0.39 is 0 Å². The number of carbonyl (C=O) groups is 1. The number of aryl methyl sites for hydroxylation is 3. The summed E-state index contributed by atoms with van der Waals surface area (Å²) in [5.41, 5.74) is 6.79. The van der Waals surface area contributed by atoms with Gasteiger partial charge in [0.25, 0.3) is 0 Å². The Morgan fingerprint density at radius 1 is 1.00 bits per heavy atom. The zero-order valence-electron chi connectivity index (χ0n) is 20.7. The van der Waals surface area contributed by atoms with Crippen LogP contribution >= 0.6 is 0 Å². The molecule has 0 spiro atoms. The highest BCUT2D eigenvalue weighted by molar-refractivity contribution is 5.93. The molecule has 5 rings (SSSR count). The van der Waals surface area contributed by atoms with Crippen LogP contribution in [0.1, 0.15) is 29.7 Å². The predicted molar refractivity (Wildman–Crippen MR) is 139 cm³/mol. The second-order valence-electron chi connectivity index (χ2n) is 9.35. The topological polar surface area (TPSA) is 71.8 Å². The number of benzene rings is 2. The molecule has 7 nitrogen and oxygen atoms in total. The fourth-order valence-electron chi connectivity index (χ4n) is 4.68. The van der Waals surface area contributed by atoms with Gasteiger partial charge < -0.3 is 15.0 Å². The van der Waals surface area contributed by atoms with Crippen LogP contribution in [-0.2, 0) is 4.79 Å². The largest absolute Gasteiger partial charge is 0.497 e. The number of anilines is 2. The van der Waals surface area contributed by atoms with Gasteiger partial charge in [-0.25, -0.2) is 4.98 Å². The first kappa shape index (κ1) is 22.9. The van der Waals surface area contributed by atoms with E-state index in [-0.39, 0.29) is 11.8 Å². The van der Waals surface area contributed by atoms with Crippen molar-refractivity contribution in [3.63, 3.8) is 0 Å². The summed E-state index contributed by atoms with van der Waals surface area (Å²) in [6.45, 7) is 7.66. The number of carbonyl (C=O) groups excluding carboxylic acids is 1. The van der Waals surface area contributed by atoms with E-state index in [9.17, 15) is 4.79 Å². The van der Waals surface area contributed by atoms with Gasteiger partial charge in [-0.2, -0.15) is 9.61 Å². The number of rotatable bonds is 5. The molecule has 180 valence electrons. The number of nitrogens with one attached hydrogen (secondary N) is 1. The van der Waals surface area contributed by atoms with Crippen LogP contribution in [0.5, 0.6) is 5.75 Å². The predicted octanol–water partition coefficient (Wildman–Crippen LogP) is 5.19. The van der Waals surface area contributed by atoms with Gasteiger partial charge in [-0.15, -0.1) is 0 Å². The quantitative estimate of drug-likeness (QED) is 0.436. The van der Waals surface area contributed by atoms with Crippen molar-refractivity contribution in [1.82, 2.24) is 14.6 Å². The van der Waals surface area contributed by atoms with Crippen LogP contribution in [0.3, 0.4) is 0 Å². The molecule has 35 heavy (non-hydrogen) atoms. The molecule has 1 fully saturated rings. The molecular formula is C28H31N5O2. The lowest BCUT2D eigenvalue weighted by Crippen LogP contribution is -2.39. The zero-order chi connectivity index (χ0) is 24.5. The Morgan fingerprint density at radius 2 is 1.74 bits per heavy atom. The first-order valence-corrected chi connectivity index (χ1v) is 12.1. The highest BCUT2D eigenvalue weighted by Gasteiger charge is 2.27. The molecule has 7 heteroatoms. The minimum absolute atomic E-state index is 0.00271. The van der Waals surface area contributed by atoms with Crippen molar-refractivity contribution in [2.75, 3.05) is 30.4 Å². The first-order chi connectivity index (χ1) is 16.9. The van der Waals surface area contributed by atoms with E-state index in [1.54, 1.807) is 7.11 Å². The molecule has 1 N–H and O–H groups in total. The Labute approximate surface area is 205 Å². The van der Waals surface area contributed by atoms with Gasteiger partial charge in [0, 0.05) is 48.1 Å². The molecule has 1 aliphatic rings. The van der Waals surface area contributed by atoms with Crippen molar-refractivity contribution in [3.05, 3.63) is 71.4 Å². The van der Waals surface area contributed by atoms with Gasteiger partial charge >= 0.3 is 0 Å². The van der Waals surface area contributed by atoms with Gasteiger partial charge in [-0.05, 0) is 75.1 Å². The standard InChI is InChI=1S/C28H31N5O2/c1-18-5-6-19(2)24(15-18)30-28(34)22-11-13-32(14-12-22)27-16-20(3)29-26-17-25(31-33(26)27)21-7-9-23(35-4)10-8-21/h5-10,15-17,22H,11-14H2,1-4H3,(H,30,34).